The summed E-state index contributed by atoms with van der Waals surface area (Å²) in [6, 6.07) is 16.5. The van der Waals surface area contributed by atoms with Gasteiger partial charge in [-0.3, -0.25) is 9.59 Å². The number of likely N-dealkylation sites (tertiary alicyclic amines) is 1. The smallest absolute Gasteiger partial charge is 0.415 e. The Balaban J connectivity index is 1.07. The summed E-state index contributed by atoms with van der Waals surface area (Å²) in [5.74, 6) is 0.601. The van der Waals surface area contributed by atoms with E-state index in [0.717, 1.165) is 87.9 Å². The van der Waals surface area contributed by atoms with Crippen LogP contribution in [0.2, 0.25) is 0 Å². The van der Waals surface area contributed by atoms with Crippen molar-refractivity contribution in [2.45, 2.75) is 95.6 Å². The largest absolute Gasteiger partial charge is 0.425 e. The standard InChI is InChI=1S/C40H54N4O6/c1-39(2,3)32-13-9-12-31-25-34(49-35(31)32)50-38(47)43-40(18-7-8-19-40)37(46)42-33(24-28-10-5-4-6-11-28)36(45)41-26-29-14-20-44(21-15-29)27-30-16-22-48-23-17-30/h4-6,9-13,25,29-30,33H,7-8,14-24,26-27H2,1-3H3,(H,41,45)(H,42,46)(H,43,47)/t33-/m1/s1. The number of piperidine rings is 1. The van der Waals surface area contributed by atoms with Crippen molar-refractivity contribution in [2.75, 3.05) is 39.4 Å². The molecule has 1 aromatic heterocycles. The van der Waals surface area contributed by atoms with Crippen molar-refractivity contribution in [2.24, 2.45) is 11.8 Å². The van der Waals surface area contributed by atoms with Crippen molar-refractivity contribution in [1.82, 2.24) is 20.9 Å². The summed E-state index contributed by atoms with van der Waals surface area (Å²) in [7, 11) is 0. The quantitative estimate of drug-likeness (QED) is 0.223. The maximum atomic E-state index is 14.1. The molecule has 1 saturated carbocycles. The molecule has 3 heterocycles. The Morgan fingerprint density at radius 3 is 2.36 bits per heavy atom. The van der Waals surface area contributed by atoms with E-state index in [0.29, 0.717) is 43.2 Å². The Bertz CT molecular complexity index is 1590. The first-order valence-electron chi connectivity index (χ1n) is 18.5. The molecule has 0 radical (unpaired) electrons. The number of nitrogens with zero attached hydrogens (tertiary/aromatic N) is 1. The van der Waals surface area contributed by atoms with Gasteiger partial charge < -0.3 is 34.7 Å². The summed E-state index contributed by atoms with van der Waals surface area (Å²) in [5.41, 5.74) is 1.28. The van der Waals surface area contributed by atoms with Crippen LogP contribution >= 0.6 is 0 Å². The fourth-order valence-corrected chi connectivity index (χ4v) is 7.77. The van der Waals surface area contributed by atoms with Gasteiger partial charge in [0.25, 0.3) is 5.95 Å². The predicted octanol–water partition coefficient (Wildman–Crippen LogP) is 6.11. The van der Waals surface area contributed by atoms with Crippen LogP contribution in [-0.2, 0) is 26.2 Å². The molecule has 1 aliphatic carbocycles. The molecule has 0 bridgehead atoms. The molecular weight excluding hydrogens is 632 g/mol. The topological polar surface area (TPSA) is 122 Å². The average Bonchev–Trinajstić information content (AvgIpc) is 3.75. The van der Waals surface area contributed by atoms with Gasteiger partial charge in [-0.2, -0.15) is 0 Å². The Hall–Kier alpha value is -3.89. The third kappa shape index (κ3) is 9.06. The van der Waals surface area contributed by atoms with Gasteiger partial charge in [0, 0.05) is 49.7 Å². The molecule has 0 unspecified atom stereocenters. The molecule has 50 heavy (non-hydrogen) atoms. The number of para-hydroxylation sites is 1. The number of amides is 3. The van der Waals surface area contributed by atoms with Gasteiger partial charge in [-0.1, -0.05) is 82.1 Å². The predicted molar refractivity (Wildman–Crippen MR) is 193 cm³/mol. The number of fused-ring (bicyclic) bond motifs is 1. The second-order valence-corrected chi connectivity index (χ2v) is 15.6. The molecule has 2 aromatic carbocycles. The molecule has 3 N–H and O–H groups in total. The number of carbonyl (C=O) groups excluding carboxylic acids is 3. The lowest BCUT2D eigenvalue weighted by Crippen LogP contribution is -2.61. The highest BCUT2D eigenvalue weighted by molar-refractivity contribution is 5.94. The molecule has 3 fully saturated rings. The Morgan fingerprint density at radius 2 is 1.66 bits per heavy atom. The zero-order chi connectivity index (χ0) is 35.1. The van der Waals surface area contributed by atoms with Gasteiger partial charge in [0.2, 0.25) is 11.8 Å². The van der Waals surface area contributed by atoms with Gasteiger partial charge in [-0.15, -0.1) is 0 Å². The van der Waals surface area contributed by atoms with Crippen LogP contribution in [0.25, 0.3) is 11.0 Å². The van der Waals surface area contributed by atoms with Gasteiger partial charge in [0.15, 0.2) is 0 Å². The van der Waals surface area contributed by atoms with E-state index in [1.807, 2.05) is 48.5 Å². The number of carbonyl (C=O) groups is 3. The van der Waals surface area contributed by atoms with Crippen molar-refractivity contribution in [1.29, 1.82) is 0 Å². The van der Waals surface area contributed by atoms with E-state index in [1.54, 1.807) is 6.07 Å². The second-order valence-electron chi connectivity index (χ2n) is 15.6. The number of hydrogen-bond acceptors (Lipinski definition) is 7. The molecule has 2 saturated heterocycles. The van der Waals surface area contributed by atoms with E-state index >= 15 is 0 Å². The zero-order valence-electron chi connectivity index (χ0n) is 29.9. The lowest BCUT2D eigenvalue weighted by molar-refractivity contribution is -0.132. The molecule has 3 aliphatic rings. The van der Waals surface area contributed by atoms with E-state index in [9.17, 15) is 14.4 Å². The van der Waals surface area contributed by atoms with Crippen molar-refractivity contribution < 1.29 is 28.3 Å². The highest BCUT2D eigenvalue weighted by atomic mass is 16.6. The van der Waals surface area contributed by atoms with Crippen molar-refractivity contribution in [3.8, 4) is 5.95 Å². The molecule has 6 rings (SSSR count). The van der Waals surface area contributed by atoms with Crippen molar-refractivity contribution in [3.05, 3.63) is 65.7 Å². The van der Waals surface area contributed by atoms with E-state index in [-0.39, 0.29) is 23.2 Å². The SMILES string of the molecule is CC(C)(C)c1cccc2cc(OC(=O)NC3(C(=O)N[C@H](Cc4ccccc4)C(=O)NCC4CCN(CC5CCOCC5)CC4)CCCC3)oc12. The molecule has 1 atom stereocenters. The first-order chi connectivity index (χ1) is 24.1. The number of furan rings is 1. The molecule has 3 aromatic rings. The minimum absolute atomic E-state index is 0.0681. The van der Waals surface area contributed by atoms with Crippen LogP contribution in [0.1, 0.15) is 83.3 Å². The summed E-state index contributed by atoms with van der Waals surface area (Å²) in [4.78, 5) is 43.7. The monoisotopic (exact) mass is 686 g/mol. The maximum Gasteiger partial charge on any atom is 0.415 e. The van der Waals surface area contributed by atoms with Crippen LogP contribution in [-0.4, -0.2) is 73.8 Å². The molecule has 3 amide bonds. The number of hydrogen-bond donors (Lipinski definition) is 3. The molecule has 270 valence electrons. The maximum absolute atomic E-state index is 14.1. The highest BCUT2D eigenvalue weighted by Crippen LogP contribution is 2.35. The lowest BCUT2D eigenvalue weighted by Gasteiger charge is -2.35. The second kappa shape index (κ2) is 16.0. The van der Waals surface area contributed by atoms with Crippen LogP contribution in [0.15, 0.2) is 59.0 Å². The summed E-state index contributed by atoms with van der Waals surface area (Å²) < 4.78 is 17.1. The van der Waals surface area contributed by atoms with E-state index in [4.69, 9.17) is 13.9 Å². The summed E-state index contributed by atoms with van der Waals surface area (Å²) >= 11 is 0. The number of nitrogens with one attached hydrogen (secondary N) is 3. The third-order valence-electron chi connectivity index (χ3n) is 10.8. The van der Waals surface area contributed by atoms with Gasteiger partial charge in [0.05, 0.1) is 0 Å². The fraction of sp³-hybridized carbons (Fsp3) is 0.575. The summed E-state index contributed by atoms with van der Waals surface area (Å²) in [5, 5.41) is 9.92. The minimum Gasteiger partial charge on any atom is -0.425 e. The van der Waals surface area contributed by atoms with E-state index < -0.39 is 17.7 Å². The first kappa shape index (κ1) is 35.9. The lowest BCUT2D eigenvalue weighted by atomic mass is 9.86. The van der Waals surface area contributed by atoms with Crippen LogP contribution in [0.4, 0.5) is 4.79 Å². The molecule has 10 nitrogen and oxygen atoms in total. The molecule has 10 heteroatoms. The van der Waals surface area contributed by atoms with Gasteiger partial charge in [-0.25, -0.2) is 4.79 Å². The Kier molecular flexibility index (Phi) is 11.5. The summed E-state index contributed by atoms with van der Waals surface area (Å²) in [6.07, 6.45) is 6.40. The number of benzene rings is 2. The first-order valence-corrected chi connectivity index (χ1v) is 18.5. The van der Waals surface area contributed by atoms with Gasteiger partial charge in [-0.05, 0) is 74.4 Å². The Morgan fingerprint density at radius 1 is 0.940 bits per heavy atom. The van der Waals surface area contributed by atoms with Gasteiger partial charge in [0.1, 0.15) is 17.2 Å². The van der Waals surface area contributed by atoms with Crippen LogP contribution < -0.4 is 20.7 Å². The van der Waals surface area contributed by atoms with Crippen LogP contribution in [0.3, 0.4) is 0 Å². The normalized spacial score (nSPS) is 19.6. The third-order valence-corrected chi connectivity index (χ3v) is 10.8. The van der Waals surface area contributed by atoms with E-state index in [2.05, 4.69) is 41.6 Å². The summed E-state index contributed by atoms with van der Waals surface area (Å²) in [6.45, 7) is 11.8. The van der Waals surface area contributed by atoms with Crippen molar-refractivity contribution in [3.63, 3.8) is 0 Å². The molecule has 2 aliphatic heterocycles. The Labute approximate surface area is 296 Å². The average molecular weight is 687 g/mol. The van der Waals surface area contributed by atoms with Crippen LogP contribution in [0.5, 0.6) is 5.95 Å². The van der Waals surface area contributed by atoms with Crippen LogP contribution in [0, 0.1) is 11.8 Å². The molecule has 0 spiro atoms. The molecular formula is C40H54N4O6. The zero-order valence-corrected chi connectivity index (χ0v) is 29.9. The fourth-order valence-electron chi connectivity index (χ4n) is 7.77. The number of rotatable bonds is 11. The highest BCUT2D eigenvalue weighted by Gasteiger charge is 2.44. The minimum atomic E-state index is -1.19. The van der Waals surface area contributed by atoms with E-state index in [1.165, 1.54) is 0 Å². The van der Waals surface area contributed by atoms with Crippen molar-refractivity contribution >= 4 is 28.9 Å². The van der Waals surface area contributed by atoms with Gasteiger partial charge >= 0.3 is 6.09 Å². The number of ether oxygens (including phenoxy) is 2.